The van der Waals surface area contributed by atoms with Crippen molar-refractivity contribution < 1.29 is 9.31 Å². The van der Waals surface area contributed by atoms with Gasteiger partial charge in [0, 0.05) is 27.2 Å². The first-order valence-electron chi connectivity index (χ1n) is 14.3. The highest BCUT2D eigenvalue weighted by molar-refractivity contribution is 6.66. The molecule has 0 amide bonds. The molecule has 2 aromatic heterocycles. The smallest absolute Gasteiger partial charge is 0.399 e. The predicted octanol–water partition coefficient (Wildman–Crippen LogP) is 8.18. The van der Waals surface area contributed by atoms with Gasteiger partial charge < -0.3 is 18.4 Å². The molecule has 0 saturated carbocycles. The first-order valence-corrected chi connectivity index (χ1v) is 14.3. The minimum absolute atomic E-state index is 0.416. The monoisotopic (exact) mass is 534 g/mol. The fraction of sp³-hybridized carbons (Fsp3) is 0.167. The molecule has 0 radical (unpaired) electrons. The van der Waals surface area contributed by atoms with Crippen LogP contribution in [0.1, 0.15) is 27.7 Å². The second kappa shape index (κ2) is 8.59. The van der Waals surface area contributed by atoms with Crippen molar-refractivity contribution in [3.8, 4) is 11.4 Å². The average Bonchev–Trinajstić information content (AvgIpc) is 3.57. The lowest BCUT2D eigenvalue weighted by molar-refractivity contribution is 0.00578. The molecule has 4 nitrogen and oxygen atoms in total. The lowest BCUT2D eigenvalue weighted by Gasteiger charge is -2.32. The van der Waals surface area contributed by atoms with Gasteiger partial charge in [0.1, 0.15) is 0 Å². The zero-order valence-corrected chi connectivity index (χ0v) is 23.8. The van der Waals surface area contributed by atoms with Crippen molar-refractivity contribution in [1.82, 2.24) is 9.13 Å². The van der Waals surface area contributed by atoms with Crippen molar-refractivity contribution >= 4 is 56.2 Å². The van der Waals surface area contributed by atoms with E-state index in [2.05, 4.69) is 152 Å². The van der Waals surface area contributed by atoms with Gasteiger partial charge in [0.2, 0.25) is 0 Å². The van der Waals surface area contributed by atoms with E-state index in [4.69, 9.17) is 9.31 Å². The second-order valence-corrected chi connectivity index (χ2v) is 12.0. The summed E-state index contributed by atoms with van der Waals surface area (Å²) in [6, 6.07) is 41.2. The lowest BCUT2D eigenvalue weighted by atomic mass is 9.76. The third kappa shape index (κ3) is 3.43. The van der Waals surface area contributed by atoms with Crippen LogP contribution in [0.3, 0.4) is 0 Å². The van der Waals surface area contributed by atoms with Crippen LogP contribution >= 0.6 is 0 Å². The number of hydrogen-bond donors (Lipinski definition) is 0. The molecule has 1 aliphatic rings. The number of nitrogens with zero attached hydrogens (tertiary/aromatic N) is 2. The van der Waals surface area contributed by atoms with E-state index in [0.29, 0.717) is 0 Å². The van der Waals surface area contributed by atoms with Crippen molar-refractivity contribution in [2.75, 3.05) is 0 Å². The summed E-state index contributed by atoms with van der Waals surface area (Å²) in [4.78, 5) is 0. The summed E-state index contributed by atoms with van der Waals surface area (Å²) in [6.07, 6.45) is 0. The number of fused-ring (bicyclic) bond motifs is 6. The summed E-state index contributed by atoms with van der Waals surface area (Å²) < 4.78 is 18.0. The molecule has 41 heavy (non-hydrogen) atoms. The van der Waals surface area contributed by atoms with Crippen molar-refractivity contribution in [3.63, 3.8) is 0 Å². The van der Waals surface area contributed by atoms with Crippen LogP contribution in [0.4, 0.5) is 0 Å². The highest BCUT2D eigenvalue weighted by Gasteiger charge is 2.52. The van der Waals surface area contributed by atoms with Gasteiger partial charge in [-0.25, -0.2) is 0 Å². The lowest BCUT2D eigenvalue weighted by Crippen LogP contribution is -2.41. The van der Waals surface area contributed by atoms with Gasteiger partial charge in [-0.2, -0.15) is 0 Å². The molecule has 0 unspecified atom stereocenters. The zero-order chi connectivity index (χ0) is 27.9. The third-order valence-electron chi connectivity index (χ3n) is 9.17. The highest BCUT2D eigenvalue weighted by Crippen LogP contribution is 2.41. The number of hydrogen-bond acceptors (Lipinski definition) is 2. The van der Waals surface area contributed by atoms with Crippen LogP contribution in [0.15, 0.2) is 115 Å². The molecule has 0 N–H and O–H groups in total. The molecule has 0 bridgehead atoms. The molecule has 1 saturated heterocycles. The standard InChI is InChI=1S/C36H31BN2O2/c1-35(2)36(3,4)41-37(40-35)28-19-13-22-31-33(28)27-17-9-11-21-30(27)39(31)32-23-12-18-26-25-16-8-10-20-29(25)38(34(26)32)24-14-6-5-7-15-24/h5-23H,1-4H3. The van der Waals surface area contributed by atoms with Crippen LogP contribution < -0.4 is 5.46 Å². The van der Waals surface area contributed by atoms with Crippen LogP contribution in [-0.4, -0.2) is 27.5 Å². The summed E-state index contributed by atoms with van der Waals surface area (Å²) in [5, 5.41) is 4.83. The van der Waals surface area contributed by atoms with Crippen molar-refractivity contribution in [2.24, 2.45) is 0 Å². The van der Waals surface area contributed by atoms with E-state index >= 15 is 0 Å². The van der Waals surface area contributed by atoms with Gasteiger partial charge in [-0.3, -0.25) is 0 Å². The van der Waals surface area contributed by atoms with Gasteiger partial charge in [-0.15, -0.1) is 0 Å². The Morgan fingerprint density at radius 1 is 0.512 bits per heavy atom. The van der Waals surface area contributed by atoms with Crippen molar-refractivity contribution in [3.05, 3.63) is 115 Å². The van der Waals surface area contributed by atoms with Crippen LogP contribution in [-0.2, 0) is 9.31 Å². The van der Waals surface area contributed by atoms with Crippen LogP contribution in [0.2, 0.25) is 0 Å². The Hall–Kier alpha value is -4.32. The van der Waals surface area contributed by atoms with E-state index in [1.807, 2.05) is 0 Å². The number of para-hydroxylation sites is 4. The fourth-order valence-electron chi connectivity index (χ4n) is 6.50. The minimum atomic E-state index is -0.450. The Morgan fingerprint density at radius 2 is 1.07 bits per heavy atom. The van der Waals surface area contributed by atoms with E-state index in [1.54, 1.807) is 0 Å². The number of benzene rings is 5. The Labute approximate surface area is 239 Å². The SMILES string of the molecule is CC1(C)OB(c2cccc3c2c2ccccc2n3-c2cccc3c4ccccc4n(-c4ccccc4)c23)OC1(C)C. The van der Waals surface area contributed by atoms with Gasteiger partial charge >= 0.3 is 7.12 Å². The van der Waals surface area contributed by atoms with E-state index in [0.717, 1.165) is 27.9 Å². The first-order chi connectivity index (χ1) is 19.9. The molecule has 8 rings (SSSR count). The quantitative estimate of drug-likeness (QED) is 0.214. The highest BCUT2D eigenvalue weighted by atomic mass is 16.7. The van der Waals surface area contributed by atoms with Crippen LogP contribution in [0, 0.1) is 0 Å². The molecule has 7 aromatic rings. The van der Waals surface area contributed by atoms with Crippen LogP contribution in [0.5, 0.6) is 0 Å². The largest absolute Gasteiger partial charge is 0.495 e. The molecule has 5 aromatic carbocycles. The van der Waals surface area contributed by atoms with Gasteiger partial charge in [-0.1, -0.05) is 78.9 Å². The maximum atomic E-state index is 6.57. The Balaban J connectivity index is 1.49. The van der Waals surface area contributed by atoms with Gasteiger partial charge in [0.15, 0.2) is 0 Å². The number of rotatable bonds is 3. The number of aromatic nitrogens is 2. The normalized spacial score (nSPS) is 16.4. The molecule has 0 aliphatic carbocycles. The molecule has 1 aliphatic heterocycles. The maximum absolute atomic E-state index is 6.57. The topological polar surface area (TPSA) is 28.3 Å². The molecular weight excluding hydrogens is 503 g/mol. The fourth-order valence-corrected chi connectivity index (χ4v) is 6.50. The second-order valence-electron chi connectivity index (χ2n) is 12.0. The van der Waals surface area contributed by atoms with E-state index < -0.39 is 18.3 Å². The van der Waals surface area contributed by atoms with Gasteiger partial charge in [0.05, 0.1) is 39.0 Å². The molecular formula is C36H31BN2O2. The van der Waals surface area contributed by atoms with E-state index in [1.165, 1.54) is 32.6 Å². The summed E-state index contributed by atoms with van der Waals surface area (Å²) in [7, 11) is -0.450. The van der Waals surface area contributed by atoms with Crippen molar-refractivity contribution in [2.45, 2.75) is 38.9 Å². The predicted molar refractivity (Wildman–Crippen MR) is 171 cm³/mol. The zero-order valence-electron chi connectivity index (χ0n) is 23.8. The Kier molecular flexibility index (Phi) is 5.13. The van der Waals surface area contributed by atoms with Crippen molar-refractivity contribution in [1.29, 1.82) is 0 Å². The van der Waals surface area contributed by atoms with Gasteiger partial charge in [0.25, 0.3) is 0 Å². The molecule has 5 heteroatoms. The summed E-state index contributed by atoms with van der Waals surface area (Å²) in [5.41, 5.74) is 7.18. The first kappa shape index (κ1) is 24.5. The Morgan fingerprint density at radius 3 is 1.80 bits per heavy atom. The molecule has 200 valence electrons. The molecule has 3 heterocycles. The Bertz CT molecular complexity index is 2100. The van der Waals surface area contributed by atoms with Crippen LogP contribution in [0.25, 0.3) is 55.0 Å². The van der Waals surface area contributed by atoms with E-state index in [-0.39, 0.29) is 0 Å². The summed E-state index contributed by atoms with van der Waals surface area (Å²) >= 11 is 0. The summed E-state index contributed by atoms with van der Waals surface area (Å²) in [6.45, 7) is 8.44. The van der Waals surface area contributed by atoms with Gasteiger partial charge in [-0.05, 0) is 69.6 Å². The summed E-state index contributed by atoms with van der Waals surface area (Å²) in [5.74, 6) is 0. The van der Waals surface area contributed by atoms with E-state index in [9.17, 15) is 0 Å². The molecule has 0 spiro atoms. The minimum Gasteiger partial charge on any atom is -0.399 e. The molecule has 0 atom stereocenters. The third-order valence-corrected chi connectivity index (χ3v) is 9.17. The maximum Gasteiger partial charge on any atom is 0.495 e. The molecule has 1 fully saturated rings. The average molecular weight is 534 g/mol.